The maximum absolute atomic E-state index is 10.8. The fraction of sp³-hybridized carbons (Fsp3) is 0. The number of carbonyl (C=O) groups is 1. The molecule has 6 nitrogen and oxygen atoms in total. The summed E-state index contributed by atoms with van der Waals surface area (Å²) in [7, 11) is 0. The highest BCUT2D eigenvalue weighted by Gasteiger charge is 2.18. The standard InChI is InChI=1S/C7H8N2O4S/c8-4-2-1-3(7(10)11)6(5(4)9)14(12)13/h1-2H,8-9H2,(H,10,11)(H,12,13). The summed E-state index contributed by atoms with van der Waals surface area (Å²) in [6, 6.07) is 2.41. The molecular formula is C7H8N2O4S. The summed E-state index contributed by atoms with van der Waals surface area (Å²) in [4.78, 5) is 10.3. The van der Waals surface area contributed by atoms with E-state index in [0.717, 1.165) is 6.07 Å². The number of benzene rings is 1. The Morgan fingerprint density at radius 2 is 1.93 bits per heavy atom. The van der Waals surface area contributed by atoms with Crippen LogP contribution in [0, 0.1) is 0 Å². The second kappa shape index (κ2) is 3.64. The van der Waals surface area contributed by atoms with E-state index in [1.165, 1.54) is 6.07 Å². The van der Waals surface area contributed by atoms with E-state index in [4.69, 9.17) is 21.1 Å². The maximum Gasteiger partial charge on any atom is 0.337 e. The van der Waals surface area contributed by atoms with Gasteiger partial charge in [-0.05, 0) is 12.1 Å². The molecule has 0 aliphatic heterocycles. The largest absolute Gasteiger partial charge is 0.478 e. The molecule has 0 fully saturated rings. The molecule has 0 heterocycles. The number of carboxylic acids is 1. The lowest BCUT2D eigenvalue weighted by Crippen LogP contribution is -2.09. The van der Waals surface area contributed by atoms with Crippen LogP contribution in [0.15, 0.2) is 17.0 Å². The predicted molar refractivity (Wildman–Crippen MR) is 51.3 cm³/mol. The van der Waals surface area contributed by atoms with Crippen molar-refractivity contribution < 1.29 is 18.7 Å². The van der Waals surface area contributed by atoms with Gasteiger partial charge in [0.1, 0.15) is 4.90 Å². The van der Waals surface area contributed by atoms with Gasteiger partial charge in [-0.2, -0.15) is 0 Å². The van der Waals surface area contributed by atoms with E-state index in [1.807, 2.05) is 0 Å². The van der Waals surface area contributed by atoms with Crippen molar-refractivity contribution in [3.05, 3.63) is 17.7 Å². The Hall–Kier alpha value is -1.60. The summed E-state index contributed by atoms with van der Waals surface area (Å²) in [5, 5.41) is 8.69. The van der Waals surface area contributed by atoms with Crippen molar-refractivity contribution in [1.29, 1.82) is 0 Å². The Morgan fingerprint density at radius 3 is 2.36 bits per heavy atom. The molecule has 1 unspecified atom stereocenters. The number of rotatable bonds is 2. The van der Waals surface area contributed by atoms with Gasteiger partial charge in [0.2, 0.25) is 0 Å². The second-order valence-electron chi connectivity index (χ2n) is 2.50. The van der Waals surface area contributed by atoms with Crippen molar-refractivity contribution in [2.45, 2.75) is 4.90 Å². The van der Waals surface area contributed by atoms with Crippen LogP contribution in [0.3, 0.4) is 0 Å². The fourth-order valence-electron chi connectivity index (χ4n) is 0.971. The smallest absolute Gasteiger partial charge is 0.337 e. The van der Waals surface area contributed by atoms with Crippen LogP contribution in [-0.2, 0) is 11.1 Å². The predicted octanol–water partition coefficient (Wildman–Crippen LogP) is 0.130. The fourth-order valence-corrected chi connectivity index (χ4v) is 1.62. The molecule has 0 aliphatic rings. The second-order valence-corrected chi connectivity index (χ2v) is 3.41. The minimum atomic E-state index is -2.47. The summed E-state index contributed by atoms with van der Waals surface area (Å²) >= 11 is -2.47. The van der Waals surface area contributed by atoms with Crippen LogP contribution < -0.4 is 11.5 Å². The number of aromatic carboxylic acids is 1. The molecular weight excluding hydrogens is 208 g/mol. The summed E-state index contributed by atoms with van der Waals surface area (Å²) in [5.41, 5.74) is 10.3. The Kier molecular flexibility index (Phi) is 2.73. The van der Waals surface area contributed by atoms with Crippen molar-refractivity contribution in [1.82, 2.24) is 0 Å². The molecule has 0 spiro atoms. The molecule has 0 aliphatic carbocycles. The normalized spacial score (nSPS) is 12.4. The molecule has 1 aromatic rings. The highest BCUT2D eigenvalue weighted by Crippen LogP contribution is 2.26. The molecule has 0 amide bonds. The van der Waals surface area contributed by atoms with Gasteiger partial charge in [-0.1, -0.05) is 0 Å². The van der Waals surface area contributed by atoms with Gasteiger partial charge >= 0.3 is 5.97 Å². The third-order valence-corrected chi connectivity index (χ3v) is 2.42. The highest BCUT2D eigenvalue weighted by atomic mass is 32.2. The summed E-state index contributed by atoms with van der Waals surface area (Å²) in [5.74, 6) is -1.32. The van der Waals surface area contributed by atoms with E-state index in [2.05, 4.69) is 0 Å². The Balaban J connectivity index is 3.53. The molecule has 14 heavy (non-hydrogen) atoms. The lowest BCUT2D eigenvalue weighted by atomic mass is 10.2. The summed E-state index contributed by atoms with van der Waals surface area (Å²) in [6.45, 7) is 0. The highest BCUT2D eigenvalue weighted by molar-refractivity contribution is 7.79. The lowest BCUT2D eigenvalue weighted by Gasteiger charge is -2.07. The molecule has 1 atom stereocenters. The van der Waals surface area contributed by atoms with Gasteiger partial charge < -0.3 is 21.1 Å². The summed E-state index contributed by atoms with van der Waals surface area (Å²) < 4.78 is 19.6. The first-order chi connectivity index (χ1) is 6.45. The number of nitrogens with two attached hydrogens (primary N) is 2. The number of hydrogen-bond acceptors (Lipinski definition) is 4. The Labute approximate surface area is 81.8 Å². The first-order valence-corrected chi connectivity index (χ1v) is 4.58. The maximum atomic E-state index is 10.8. The Bertz CT molecular complexity index is 418. The van der Waals surface area contributed by atoms with Crippen LogP contribution in [-0.4, -0.2) is 19.8 Å². The average Bonchev–Trinajstić information content (AvgIpc) is 2.08. The van der Waals surface area contributed by atoms with Crippen LogP contribution in [0.4, 0.5) is 11.4 Å². The first kappa shape index (κ1) is 10.5. The Morgan fingerprint density at radius 1 is 1.36 bits per heavy atom. The van der Waals surface area contributed by atoms with Gasteiger partial charge in [-0.15, -0.1) is 0 Å². The zero-order chi connectivity index (χ0) is 10.9. The third kappa shape index (κ3) is 1.68. The van der Waals surface area contributed by atoms with Crippen LogP contribution in [0.25, 0.3) is 0 Å². The van der Waals surface area contributed by atoms with Crippen molar-refractivity contribution in [2.24, 2.45) is 0 Å². The number of anilines is 2. The third-order valence-electron chi connectivity index (χ3n) is 1.63. The van der Waals surface area contributed by atoms with E-state index in [0.29, 0.717) is 0 Å². The molecule has 0 saturated carbocycles. The monoisotopic (exact) mass is 216 g/mol. The van der Waals surface area contributed by atoms with Crippen LogP contribution >= 0.6 is 0 Å². The molecule has 0 aromatic heterocycles. The topological polar surface area (TPSA) is 127 Å². The van der Waals surface area contributed by atoms with Gasteiger partial charge in [-0.3, -0.25) is 0 Å². The minimum Gasteiger partial charge on any atom is -0.478 e. The van der Waals surface area contributed by atoms with Gasteiger partial charge in [0, 0.05) is 0 Å². The number of hydrogen-bond donors (Lipinski definition) is 4. The van der Waals surface area contributed by atoms with Crippen molar-refractivity contribution in [2.75, 3.05) is 11.5 Å². The van der Waals surface area contributed by atoms with Crippen LogP contribution in [0.1, 0.15) is 10.4 Å². The zero-order valence-electron chi connectivity index (χ0n) is 6.93. The number of nitrogen functional groups attached to an aromatic ring is 2. The lowest BCUT2D eigenvalue weighted by molar-refractivity contribution is 0.0693. The molecule has 76 valence electrons. The molecule has 1 rings (SSSR count). The number of carboxylic acid groups (broad SMARTS) is 1. The van der Waals surface area contributed by atoms with Gasteiger partial charge in [0.25, 0.3) is 0 Å². The van der Waals surface area contributed by atoms with E-state index in [9.17, 15) is 9.00 Å². The van der Waals surface area contributed by atoms with E-state index >= 15 is 0 Å². The molecule has 0 radical (unpaired) electrons. The van der Waals surface area contributed by atoms with Crippen LogP contribution in [0.2, 0.25) is 0 Å². The summed E-state index contributed by atoms with van der Waals surface area (Å²) in [6.07, 6.45) is 0. The minimum absolute atomic E-state index is 0.0763. The van der Waals surface area contributed by atoms with Crippen molar-refractivity contribution >= 4 is 28.4 Å². The van der Waals surface area contributed by atoms with Crippen molar-refractivity contribution in [3.63, 3.8) is 0 Å². The van der Waals surface area contributed by atoms with Gasteiger partial charge in [0.05, 0.1) is 16.9 Å². The quantitative estimate of drug-likeness (QED) is 0.411. The first-order valence-electron chi connectivity index (χ1n) is 3.47. The van der Waals surface area contributed by atoms with E-state index in [-0.39, 0.29) is 21.8 Å². The molecule has 7 heteroatoms. The van der Waals surface area contributed by atoms with Gasteiger partial charge in [-0.25, -0.2) is 9.00 Å². The zero-order valence-corrected chi connectivity index (χ0v) is 7.75. The molecule has 6 N–H and O–H groups in total. The molecule has 0 bridgehead atoms. The molecule has 1 aromatic carbocycles. The van der Waals surface area contributed by atoms with E-state index in [1.54, 1.807) is 0 Å². The average molecular weight is 216 g/mol. The van der Waals surface area contributed by atoms with E-state index < -0.39 is 17.0 Å². The van der Waals surface area contributed by atoms with Gasteiger partial charge in [0.15, 0.2) is 11.1 Å². The van der Waals surface area contributed by atoms with Crippen molar-refractivity contribution in [3.8, 4) is 0 Å². The molecule has 0 saturated heterocycles. The SMILES string of the molecule is Nc1ccc(C(=O)O)c(S(=O)O)c1N. The van der Waals surface area contributed by atoms with Crippen LogP contribution in [0.5, 0.6) is 0 Å².